The van der Waals surface area contributed by atoms with Crippen LogP contribution in [0.15, 0.2) is 40.5 Å². The molecule has 1 unspecified atom stereocenters. The second-order valence-electron chi connectivity index (χ2n) is 8.59. The molecule has 168 valence electrons. The molecule has 0 radical (unpaired) electrons. The van der Waals surface area contributed by atoms with Crippen LogP contribution in [0.3, 0.4) is 0 Å². The Labute approximate surface area is 197 Å². The Balaban J connectivity index is 1.30. The van der Waals surface area contributed by atoms with Crippen molar-refractivity contribution in [1.82, 2.24) is 4.90 Å². The average Bonchev–Trinajstić information content (AvgIpc) is 3.59. The van der Waals surface area contributed by atoms with Gasteiger partial charge in [-0.25, -0.2) is 0 Å². The summed E-state index contributed by atoms with van der Waals surface area (Å²) < 4.78 is 0.642. The minimum atomic E-state index is -0.0687. The second-order valence-corrected chi connectivity index (χ2v) is 10.3. The molecule has 0 bridgehead atoms. The first kappa shape index (κ1) is 21.5. The van der Waals surface area contributed by atoms with Crippen molar-refractivity contribution in [1.29, 1.82) is 0 Å². The van der Waals surface area contributed by atoms with Gasteiger partial charge in [0.1, 0.15) is 11.9 Å². The maximum Gasteiger partial charge on any atom is 0.172 e. The number of thiophene rings is 1. The minimum absolute atomic E-state index is 0.0687. The highest BCUT2D eigenvalue weighted by Gasteiger charge is 2.28. The molecule has 0 N–H and O–H groups in total. The lowest BCUT2D eigenvalue weighted by atomic mass is 9.98. The van der Waals surface area contributed by atoms with Crippen molar-refractivity contribution in [2.24, 2.45) is 10.1 Å². The topological polar surface area (TPSA) is 57.5 Å². The number of hydrogen-bond acceptors (Lipinski definition) is 7. The molecule has 1 aromatic heterocycles. The highest BCUT2D eigenvalue weighted by atomic mass is 35.5. The number of halogens is 1. The highest BCUT2D eigenvalue weighted by Crippen LogP contribution is 2.32. The lowest BCUT2D eigenvalue weighted by Gasteiger charge is -2.23. The molecule has 0 spiro atoms. The summed E-state index contributed by atoms with van der Waals surface area (Å²) in [5.41, 5.74) is 4.48. The molecule has 6 nitrogen and oxygen atoms in total. The van der Waals surface area contributed by atoms with Crippen molar-refractivity contribution < 1.29 is 9.63 Å². The van der Waals surface area contributed by atoms with Gasteiger partial charge in [0.2, 0.25) is 0 Å². The fraction of sp³-hybridized carbons (Fsp3) is 0.458. The van der Waals surface area contributed by atoms with E-state index in [1.807, 2.05) is 0 Å². The lowest BCUT2D eigenvalue weighted by molar-refractivity contribution is 0.0720. The van der Waals surface area contributed by atoms with Gasteiger partial charge in [-0.1, -0.05) is 28.9 Å². The third-order valence-electron chi connectivity index (χ3n) is 6.35. The van der Waals surface area contributed by atoms with E-state index in [-0.39, 0.29) is 11.9 Å². The minimum Gasteiger partial charge on any atom is -0.392 e. The van der Waals surface area contributed by atoms with Crippen LogP contribution in [0, 0.1) is 0 Å². The number of carbonyl (C=O) groups is 1. The number of amidine groups is 1. The molecule has 0 saturated carbocycles. The van der Waals surface area contributed by atoms with Gasteiger partial charge in [-0.15, -0.1) is 11.3 Å². The Morgan fingerprint density at radius 2 is 2.06 bits per heavy atom. The van der Waals surface area contributed by atoms with Crippen molar-refractivity contribution in [2.45, 2.75) is 38.2 Å². The molecular formula is C24H27ClN4O2S. The molecule has 32 heavy (non-hydrogen) atoms. The predicted octanol–water partition coefficient (Wildman–Crippen LogP) is 4.85. The summed E-state index contributed by atoms with van der Waals surface area (Å²) in [6.45, 7) is 3.95. The van der Waals surface area contributed by atoms with Crippen molar-refractivity contribution in [3.63, 3.8) is 0 Å². The molecule has 1 atom stereocenters. The zero-order valence-electron chi connectivity index (χ0n) is 18.2. The number of hydrogen-bond donors (Lipinski definition) is 0. The molecule has 5 rings (SSSR count). The van der Waals surface area contributed by atoms with Crippen LogP contribution in [0.25, 0.3) is 0 Å². The maximum absolute atomic E-state index is 12.4. The quantitative estimate of drug-likeness (QED) is 0.543. The number of nitrogens with zero attached hydrogens (tertiary/aromatic N) is 4. The average molecular weight is 471 g/mol. The molecule has 1 aromatic carbocycles. The number of Topliss-reactive ketones (excluding diaryl/α,β-unsaturated/α-hetero) is 1. The van der Waals surface area contributed by atoms with Gasteiger partial charge in [-0.05, 0) is 37.5 Å². The summed E-state index contributed by atoms with van der Waals surface area (Å²) in [5.74, 6) is 1.18. The van der Waals surface area contributed by atoms with E-state index < -0.39 is 0 Å². The molecule has 4 heterocycles. The number of aliphatic imine (C=N–C) groups is 1. The van der Waals surface area contributed by atoms with Crippen LogP contribution < -0.4 is 4.90 Å². The fourth-order valence-electron chi connectivity index (χ4n) is 4.60. The van der Waals surface area contributed by atoms with Crippen LogP contribution in [-0.2, 0) is 4.84 Å². The normalized spacial score (nSPS) is 20.5. The van der Waals surface area contributed by atoms with Crippen molar-refractivity contribution in [2.75, 3.05) is 38.1 Å². The smallest absolute Gasteiger partial charge is 0.172 e. The van der Waals surface area contributed by atoms with Crippen molar-refractivity contribution >= 4 is 46.0 Å². The Hall–Kier alpha value is -2.38. The van der Waals surface area contributed by atoms with Gasteiger partial charge in [-0.2, -0.15) is 0 Å². The molecule has 0 aliphatic carbocycles. The van der Waals surface area contributed by atoms with Crippen LogP contribution in [0.1, 0.15) is 52.9 Å². The molecule has 1 saturated heterocycles. The van der Waals surface area contributed by atoms with Crippen LogP contribution in [0.2, 0.25) is 4.34 Å². The van der Waals surface area contributed by atoms with E-state index in [0.29, 0.717) is 22.1 Å². The molecule has 8 heteroatoms. The van der Waals surface area contributed by atoms with E-state index in [2.05, 4.69) is 40.2 Å². The standard InChI is InChI=1S/C24H27ClN4O2S/c1-28-13-10-26-24(28)16-4-6-18(20(14-16)29-11-2-3-12-29)19-15-17(31-27-19)5-7-21(30)22-8-9-23(25)32-22/h4,6,8-9,14,17H,2-3,5,7,10-13,15H2,1H3. The van der Waals surface area contributed by atoms with E-state index >= 15 is 0 Å². The Morgan fingerprint density at radius 1 is 1.22 bits per heavy atom. The lowest BCUT2D eigenvalue weighted by Crippen LogP contribution is -2.25. The number of ketones is 1. The number of rotatable bonds is 7. The summed E-state index contributed by atoms with van der Waals surface area (Å²) in [7, 11) is 2.10. The summed E-state index contributed by atoms with van der Waals surface area (Å²) in [5, 5.41) is 4.44. The first-order chi connectivity index (χ1) is 15.6. The van der Waals surface area contributed by atoms with E-state index in [4.69, 9.17) is 21.4 Å². The summed E-state index contributed by atoms with van der Waals surface area (Å²) in [6, 6.07) is 10.1. The Morgan fingerprint density at radius 3 is 2.78 bits per heavy atom. The summed E-state index contributed by atoms with van der Waals surface area (Å²) in [6.07, 6.45) is 4.17. The molecule has 0 amide bonds. The zero-order chi connectivity index (χ0) is 22.1. The maximum atomic E-state index is 12.4. The van der Waals surface area contributed by atoms with Crippen molar-refractivity contribution in [3.05, 3.63) is 50.7 Å². The monoisotopic (exact) mass is 470 g/mol. The predicted molar refractivity (Wildman–Crippen MR) is 131 cm³/mol. The third-order valence-corrected chi connectivity index (χ3v) is 7.62. The molecule has 3 aliphatic rings. The van der Waals surface area contributed by atoms with Gasteiger partial charge in [-0.3, -0.25) is 9.79 Å². The number of oxime groups is 1. The summed E-state index contributed by atoms with van der Waals surface area (Å²) in [4.78, 5) is 28.2. The molecule has 3 aliphatic heterocycles. The second kappa shape index (κ2) is 9.24. The SMILES string of the molecule is CN1CCN=C1c1ccc(C2=NOC(CCC(=O)c3ccc(Cl)s3)C2)c(N2CCCC2)c1. The van der Waals surface area contributed by atoms with E-state index in [0.717, 1.165) is 55.3 Å². The van der Waals surface area contributed by atoms with Gasteiger partial charge >= 0.3 is 0 Å². The molecular weight excluding hydrogens is 444 g/mol. The fourth-order valence-corrected chi connectivity index (χ4v) is 5.61. The van der Waals surface area contributed by atoms with E-state index in [1.54, 1.807) is 12.1 Å². The van der Waals surface area contributed by atoms with Gasteiger partial charge in [0, 0.05) is 56.3 Å². The Kier molecular flexibility index (Phi) is 6.20. The van der Waals surface area contributed by atoms with Gasteiger partial charge in [0.15, 0.2) is 5.78 Å². The Bertz CT molecular complexity index is 1070. The highest BCUT2D eigenvalue weighted by molar-refractivity contribution is 7.18. The zero-order valence-corrected chi connectivity index (χ0v) is 19.8. The summed E-state index contributed by atoms with van der Waals surface area (Å²) >= 11 is 7.29. The van der Waals surface area contributed by atoms with Gasteiger partial charge in [0.25, 0.3) is 0 Å². The van der Waals surface area contributed by atoms with Crippen LogP contribution in [0.5, 0.6) is 0 Å². The van der Waals surface area contributed by atoms with E-state index in [9.17, 15) is 4.79 Å². The molecule has 2 aromatic rings. The van der Waals surface area contributed by atoms with Crippen LogP contribution in [-0.4, -0.2) is 61.6 Å². The van der Waals surface area contributed by atoms with Crippen LogP contribution >= 0.6 is 22.9 Å². The largest absolute Gasteiger partial charge is 0.392 e. The van der Waals surface area contributed by atoms with E-state index in [1.165, 1.54) is 29.9 Å². The number of likely N-dealkylation sites (N-methyl/N-ethyl adjacent to an activating group) is 1. The van der Waals surface area contributed by atoms with Gasteiger partial charge in [0.05, 0.1) is 21.5 Å². The van der Waals surface area contributed by atoms with Crippen molar-refractivity contribution in [3.8, 4) is 0 Å². The molecule has 1 fully saturated rings. The number of anilines is 1. The first-order valence-electron chi connectivity index (χ1n) is 11.2. The first-order valence-corrected chi connectivity index (χ1v) is 12.4. The number of carbonyl (C=O) groups excluding carboxylic acids is 1. The number of benzene rings is 1. The third kappa shape index (κ3) is 4.41. The van der Waals surface area contributed by atoms with Gasteiger partial charge < -0.3 is 14.6 Å². The van der Waals surface area contributed by atoms with Crippen LogP contribution in [0.4, 0.5) is 5.69 Å².